The van der Waals surface area contributed by atoms with Gasteiger partial charge in [0.05, 0.1) is 10.5 Å². The molecular formula is C12H9NO4S. The Hall–Kier alpha value is -2.21. The smallest absolute Gasteiger partial charge is 0.328 e. The third-order valence-electron chi connectivity index (χ3n) is 2.20. The normalized spacial score (nSPS) is 10.1. The molecule has 0 fully saturated rings. The first-order valence-electron chi connectivity index (χ1n) is 5.10. The molecule has 1 aromatic heterocycles. The first-order chi connectivity index (χ1) is 8.58. The molecule has 0 amide bonds. The standard InChI is InChI=1S/C12H9NO4S/c1-8(14)10-7-11(13(15)16)18-12(10)17-9-5-3-2-4-6-9/h2-7H,1H3. The Morgan fingerprint density at radius 3 is 2.56 bits per heavy atom. The number of Topliss-reactive ketones (excluding diaryl/α,β-unsaturated/α-hetero) is 1. The number of thiophene rings is 1. The van der Waals surface area contributed by atoms with Crippen molar-refractivity contribution in [3.63, 3.8) is 0 Å². The zero-order valence-electron chi connectivity index (χ0n) is 9.45. The number of carbonyl (C=O) groups is 1. The molecule has 0 spiro atoms. The Kier molecular flexibility index (Phi) is 3.38. The SMILES string of the molecule is CC(=O)c1cc([N+](=O)[O-])sc1Oc1ccccc1. The van der Waals surface area contributed by atoms with Crippen molar-refractivity contribution in [3.8, 4) is 10.8 Å². The monoisotopic (exact) mass is 263 g/mol. The molecule has 92 valence electrons. The molecule has 0 radical (unpaired) electrons. The second-order valence-electron chi connectivity index (χ2n) is 3.51. The summed E-state index contributed by atoms with van der Waals surface area (Å²) in [5, 5.41) is 10.8. The molecule has 0 N–H and O–H groups in total. The number of hydrogen-bond donors (Lipinski definition) is 0. The van der Waals surface area contributed by atoms with E-state index in [2.05, 4.69) is 0 Å². The maximum Gasteiger partial charge on any atom is 0.328 e. The van der Waals surface area contributed by atoms with E-state index in [0.29, 0.717) is 5.75 Å². The Morgan fingerprint density at radius 1 is 1.33 bits per heavy atom. The molecule has 0 aliphatic heterocycles. The minimum Gasteiger partial charge on any atom is -0.446 e. The average Bonchev–Trinajstić information content (AvgIpc) is 2.74. The van der Waals surface area contributed by atoms with Crippen LogP contribution in [0.25, 0.3) is 0 Å². The molecule has 18 heavy (non-hydrogen) atoms. The molecule has 0 unspecified atom stereocenters. The van der Waals surface area contributed by atoms with Crippen molar-refractivity contribution >= 4 is 22.1 Å². The number of rotatable bonds is 4. The first kappa shape index (κ1) is 12.3. The number of carbonyl (C=O) groups excluding carboxylic acids is 1. The summed E-state index contributed by atoms with van der Waals surface area (Å²) in [5.74, 6) is 0.280. The molecule has 2 aromatic rings. The second-order valence-corrected chi connectivity index (χ2v) is 4.51. The zero-order chi connectivity index (χ0) is 13.1. The summed E-state index contributed by atoms with van der Waals surface area (Å²) in [5.41, 5.74) is 0.232. The van der Waals surface area contributed by atoms with Crippen LogP contribution < -0.4 is 4.74 Å². The maximum atomic E-state index is 11.4. The summed E-state index contributed by atoms with van der Waals surface area (Å²) in [6.45, 7) is 1.35. The summed E-state index contributed by atoms with van der Waals surface area (Å²) >= 11 is 0.849. The van der Waals surface area contributed by atoms with Gasteiger partial charge in [0.1, 0.15) is 5.75 Å². The van der Waals surface area contributed by atoms with Gasteiger partial charge in [-0.05, 0) is 30.4 Å². The van der Waals surface area contributed by atoms with Crippen LogP contribution in [-0.2, 0) is 0 Å². The largest absolute Gasteiger partial charge is 0.446 e. The highest BCUT2D eigenvalue weighted by atomic mass is 32.1. The van der Waals surface area contributed by atoms with Crippen molar-refractivity contribution < 1.29 is 14.5 Å². The van der Waals surface area contributed by atoms with Gasteiger partial charge in [-0.25, -0.2) is 0 Å². The van der Waals surface area contributed by atoms with Crippen LogP contribution in [0.4, 0.5) is 5.00 Å². The van der Waals surface area contributed by atoms with Crippen LogP contribution in [0.1, 0.15) is 17.3 Å². The number of nitrogens with zero attached hydrogens (tertiary/aromatic N) is 1. The lowest BCUT2D eigenvalue weighted by Crippen LogP contribution is -1.92. The van der Waals surface area contributed by atoms with Crippen molar-refractivity contribution in [2.45, 2.75) is 6.92 Å². The van der Waals surface area contributed by atoms with Gasteiger partial charge in [-0.15, -0.1) is 0 Å². The molecular weight excluding hydrogens is 254 g/mol. The fraction of sp³-hybridized carbons (Fsp3) is 0.0833. The van der Waals surface area contributed by atoms with E-state index >= 15 is 0 Å². The molecule has 0 saturated carbocycles. The second kappa shape index (κ2) is 4.97. The number of benzene rings is 1. The fourth-order valence-corrected chi connectivity index (χ4v) is 2.26. The summed E-state index contributed by atoms with van der Waals surface area (Å²) in [6.07, 6.45) is 0. The van der Waals surface area contributed by atoms with Crippen LogP contribution in [0.15, 0.2) is 36.4 Å². The van der Waals surface area contributed by atoms with Crippen molar-refractivity contribution in [2.75, 3.05) is 0 Å². The van der Waals surface area contributed by atoms with Crippen LogP contribution >= 0.6 is 11.3 Å². The van der Waals surface area contributed by atoms with Gasteiger partial charge < -0.3 is 4.74 Å². The van der Waals surface area contributed by atoms with Gasteiger partial charge in [0.25, 0.3) is 0 Å². The minimum atomic E-state index is -0.533. The van der Waals surface area contributed by atoms with Crippen LogP contribution in [0, 0.1) is 10.1 Å². The molecule has 1 aromatic carbocycles. The van der Waals surface area contributed by atoms with Crippen LogP contribution in [0.5, 0.6) is 10.8 Å². The van der Waals surface area contributed by atoms with Gasteiger partial charge in [0.15, 0.2) is 10.8 Å². The lowest BCUT2D eigenvalue weighted by molar-refractivity contribution is -0.380. The van der Waals surface area contributed by atoms with Gasteiger partial charge in [-0.1, -0.05) is 18.2 Å². The van der Waals surface area contributed by atoms with Crippen LogP contribution in [-0.4, -0.2) is 10.7 Å². The average molecular weight is 263 g/mol. The highest BCUT2D eigenvalue weighted by Crippen LogP contribution is 2.38. The molecule has 2 rings (SSSR count). The Balaban J connectivity index is 2.37. The molecule has 1 heterocycles. The number of hydrogen-bond acceptors (Lipinski definition) is 5. The predicted molar refractivity (Wildman–Crippen MR) is 67.5 cm³/mol. The number of ether oxygens (including phenoxy) is 1. The lowest BCUT2D eigenvalue weighted by atomic mass is 10.2. The van der Waals surface area contributed by atoms with Crippen LogP contribution in [0.2, 0.25) is 0 Å². The quantitative estimate of drug-likeness (QED) is 0.479. The molecule has 0 atom stereocenters. The van der Waals surface area contributed by atoms with E-state index < -0.39 is 4.92 Å². The number of nitro groups is 1. The van der Waals surface area contributed by atoms with E-state index in [1.807, 2.05) is 6.07 Å². The highest BCUT2D eigenvalue weighted by molar-refractivity contribution is 7.17. The van der Waals surface area contributed by atoms with Crippen molar-refractivity contribution in [1.82, 2.24) is 0 Å². The highest BCUT2D eigenvalue weighted by Gasteiger charge is 2.21. The molecule has 0 saturated heterocycles. The van der Waals surface area contributed by atoms with Gasteiger partial charge >= 0.3 is 5.00 Å². The Labute approximate surface area is 107 Å². The van der Waals surface area contributed by atoms with E-state index in [1.165, 1.54) is 13.0 Å². The molecule has 0 aliphatic carbocycles. The predicted octanol–water partition coefficient (Wildman–Crippen LogP) is 3.65. The Bertz CT molecular complexity index is 591. The minimum absolute atomic E-state index is 0.105. The molecule has 0 bridgehead atoms. The first-order valence-corrected chi connectivity index (χ1v) is 5.91. The van der Waals surface area contributed by atoms with Crippen LogP contribution in [0.3, 0.4) is 0 Å². The van der Waals surface area contributed by atoms with Crippen molar-refractivity contribution in [1.29, 1.82) is 0 Å². The third-order valence-corrected chi connectivity index (χ3v) is 3.16. The summed E-state index contributed by atoms with van der Waals surface area (Å²) in [4.78, 5) is 21.6. The van der Waals surface area contributed by atoms with E-state index in [1.54, 1.807) is 24.3 Å². The number of para-hydroxylation sites is 1. The zero-order valence-corrected chi connectivity index (χ0v) is 10.3. The number of ketones is 1. The Morgan fingerprint density at radius 2 is 2.00 bits per heavy atom. The van der Waals surface area contributed by atoms with Gasteiger partial charge in [-0.3, -0.25) is 14.9 Å². The van der Waals surface area contributed by atoms with E-state index in [4.69, 9.17) is 4.74 Å². The summed E-state index contributed by atoms with van der Waals surface area (Å²) in [7, 11) is 0. The lowest BCUT2D eigenvalue weighted by Gasteiger charge is -2.03. The van der Waals surface area contributed by atoms with Crippen molar-refractivity contribution in [3.05, 3.63) is 52.1 Å². The van der Waals surface area contributed by atoms with Gasteiger partial charge in [-0.2, -0.15) is 0 Å². The van der Waals surface area contributed by atoms with Gasteiger partial charge in [0.2, 0.25) is 0 Å². The van der Waals surface area contributed by atoms with E-state index in [-0.39, 0.29) is 21.4 Å². The summed E-state index contributed by atoms with van der Waals surface area (Å²) in [6, 6.07) is 10.1. The molecule has 5 nitrogen and oxygen atoms in total. The van der Waals surface area contributed by atoms with Gasteiger partial charge in [0, 0.05) is 6.07 Å². The molecule has 6 heteroatoms. The summed E-state index contributed by atoms with van der Waals surface area (Å²) < 4.78 is 5.49. The maximum absolute atomic E-state index is 11.4. The van der Waals surface area contributed by atoms with E-state index in [0.717, 1.165) is 11.3 Å². The third kappa shape index (κ3) is 2.54. The van der Waals surface area contributed by atoms with Crippen molar-refractivity contribution in [2.24, 2.45) is 0 Å². The topological polar surface area (TPSA) is 69.4 Å². The fourth-order valence-electron chi connectivity index (χ4n) is 1.37. The van der Waals surface area contributed by atoms with E-state index in [9.17, 15) is 14.9 Å². The molecule has 0 aliphatic rings.